The van der Waals surface area contributed by atoms with Gasteiger partial charge in [-0.25, -0.2) is 12.7 Å². The van der Waals surface area contributed by atoms with Crippen LogP contribution in [-0.2, 0) is 16.2 Å². The van der Waals surface area contributed by atoms with Gasteiger partial charge in [0.05, 0.1) is 6.61 Å². The molecule has 166 valence electrons. The number of alkyl halides is 3. The Morgan fingerprint density at radius 3 is 2.57 bits per heavy atom. The number of hydrogen-bond donors (Lipinski definition) is 2. The fourth-order valence-corrected chi connectivity index (χ4v) is 6.23. The van der Waals surface area contributed by atoms with Crippen LogP contribution in [0.4, 0.5) is 13.2 Å². The molecule has 4 rings (SSSR count). The van der Waals surface area contributed by atoms with Gasteiger partial charge in [-0.15, -0.1) is 15.3 Å². The first kappa shape index (κ1) is 21.2. The van der Waals surface area contributed by atoms with E-state index in [4.69, 9.17) is 4.74 Å². The molecule has 0 bridgehead atoms. The van der Waals surface area contributed by atoms with Crippen LogP contribution in [0, 0.1) is 5.92 Å². The highest BCUT2D eigenvalue weighted by Gasteiger charge is 2.45. The van der Waals surface area contributed by atoms with Gasteiger partial charge in [-0.3, -0.25) is 10.9 Å². The minimum atomic E-state index is -4.69. The number of nitrogens with one attached hydrogen (secondary N) is 2. The second-order valence-corrected chi connectivity index (χ2v) is 9.75. The molecule has 0 aromatic carbocycles. The van der Waals surface area contributed by atoms with Crippen LogP contribution < -0.4 is 15.6 Å². The number of fused-ring (bicyclic) bond motifs is 1. The van der Waals surface area contributed by atoms with Crippen molar-refractivity contribution in [3.63, 3.8) is 0 Å². The maximum atomic E-state index is 13.0. The SMILES string of the molecule is CC1NNC(C)C1S(=O)(=O)N1CCC(COc2ccc3nnc(C(F)(F)F)n3n2)C1. The zero-order valence-corrected chi connectivity index (χ0v) is 17.1. The molecule has 0 aliphatic carbocycles. The molecule has 2 aliphatic rings. The van der Waals surface area contributed by atoms with Gasteiger partial charge < -0.3 is 4.74 Å². The molecule has 4 heterocycles. The van der Waals surface area contributed by atoms with Gasteiger partial charge in [0.1, 0.15) is 5.25 Å². The Bertz CT molecular complexity index is 1020. The molecule has 2 aromatic rings. The van der Waals surface area contributed by atoms with E-state index in [1.54, 1.807) is 0 Å². The van der Waals surface area contributed by atoms with Gasteiger partial charge in [-0.2, -0.15) is 17.7 Å². The number of sulfonamides is 1. The van der Waals surface area contributed by atoms with E-state index in [2.05, 4.69) is 26.1 Å². The maximum Gasteiger partial charge on any atom is 0.453 e. The summed E-state index contributed by atoms with van der Waals surface area (Å²) in [5.74, 6) is -1.34. The van der Waals surface area contributed by atoms with Crippen molar-refractivity contribution in [2.75, 3.05) is 19.7 Å². The van der Waals surface area contributed by atoms with Crippen molar-refractivity contribution in [3.05, 3.63) is 18.0 Å². The zero-order valence-electron chi connectivity index (χ0n) is 16.3. The number of hydrogen-bond acceptors (Lipinski definition) is 8. The summed E-state index contributed by atoms with van der Waals surface area (Å²) in [6, 6.07) is 2.30. The van der Waals surface area contributed by atoms with Gasteiger partial charge in [0.25, 0.3) is 5.82 Å². The van der Waals surface area contributed by atoms with Crippen LogP contribution in [0.3, 0.4) is 0 Å². The van der Waals surface area contributed by atoms with Crippen molar-refractivity contribution in [3.8, 4) is 5.88 Å². The maximum absolute atomic E-state index is 13.0. The lowest BCUT2D eigenvalue weighted by Crippen LogP contribution is -2.46. The molecule has 0 amide bonds. The fraction of sp³-hybridized carbons (Fsp3) is 0.688. The third kappa shape index (κ3) is 3.84. The Morgan fingerprint density at radius 1 is 1.20 bits per heavy atom. The molecular formula is C16H22F3N7O3S. The third-order valence-corrected chi connectivity index (χ3v) is 7.99. The molecule has 2 fully saturated rings. The molecule has 0 saturated carbocycles. The van der Waals surface area contributed by atoms with Gasteiger partial charge in [-0.1, -0.05) is 0 Å². The Morgan fingerprint density at radius 2 is 1.90 bits per heavy atom. The molecule has 0 radical (unpaired) electrons. The number of aromatic nitrogens is 4. The van der Waals surface area contributed by atoms with Crippen molar-refractivity contribution < 1.29 is 26.3 Å². The molecule has 30 heavy (non-hydrogen) atoms. The second-order valence-electron chi connectivity index (χ2n) is 7.66. The highest BCUT2D eigenvalue weighted by Crippen LogP contribution is 2.29. The Kier molecular flexibility index (Phi) is 5.36. The van der Waals surface area contributed by atoms with Crippen molar-refractivity contribution in [1.29, 1.82) is 0 Å². The van der Waals surface area contributed by atoms with Crippen molar-refractivity contribution in [1.82, 2.24) is 35.0 Å². The Balaban J connectivity index is 1.41. The number of hydrazine groups is 1. The van der Waals surface area contributed by atoms with Crippen LogP contribution in [0.5, 0.6) is 5.88 Å². The van der Waals surface area contributed by atoms with E-state index < -0.39 is 27.3 Å². The van der Waals surface area contributed by atoms with Crippen LogP contribution in [0.25, 0.3) is 5.65 Å². The van der Waals surface area contributed by atoms with E-state index >= 15 is 0 Å². The van der Waals surface area contributed by atoms with Crippen LogP contribution in [0.1, 0.15) is 26.1 Å². The van der Waals surface area contributed by atoms with E-state index in [9.17, 15) is 21.6 Å². The van der Waals surface area contributed by atoms with Gasteiger partial charge in [0.2, 0.25) is 15.9 Å². The van der Waals surface area contributed by atoms with Gasteiger partial charge in [-0.05, 0) is 26.3 Å². The summed E-state index contributed by atoms with van der Waals surface area (Å²) in [6.45, 7) is 4.44. The summed E-state index contributed by atoms with van der Waals surface area (Å²) in [5.41, 5.74) is 5.86. The van der Waals surface area contributed by atoms with Gasteiger partial charge in [0.15, 0.2) is 5.65 Å². The van der Waals surface area contributed by atoms with Crippen molar-refractivity contribution >= 4 is 15.7 Å². The smallest absolute Gasteiger partial charge is 0.453 e. The molecule has 0 spiro atoms. The summed E-state index contributed by atoms with van der Waals surface area (Å²) in [7, 11) is -3.50. The number of halogens is 3. The van der Waals surface area contributed by atoms with Crippen LogP contribution >= 0.6 is 0 Å². The highest BCUT2D eigenvalue weighted by atomic mass is 32.2. The number of ether oxygens (including phenoxy) is 1. The molecule has 2 aliphatic heterocycles. The van der Waals surface area contributed by atoms with Gasteiger partial charge >= 0.3 is 6.18 Å². The summed E-state index contributed by atoms with van der Waals surface area (Å²) >= 11 is 0. The first-order chi connectivity index (χ1) is 14.1. The lowest BCUT2D eigenvalue weighted by molar-refractivity contribution is -0.146. The number of nitrogens with zero attached hydrogens (tertiary/aromatic N) is 5. The third-order valence-electron chi connectivity index (χ3n) is 5.44. The minimum Gasteiger partial charge on any atom is -0.476 e. The first-order valence-electron chi connectivity index (χ1n) is 9.50. The lowest BCUT2D eigenvalue weighted by Gasteiger charge is -2.25. The van der Waals surface area contributed by atoms with Crippen LogP contribution in [0.15, 0.2) is 12.1 Å². The summed E-state index contributed by atoms with van der Waals surface area (Å²) in [4.78, 5) is 0. The van der Waals surface area contributed by atoms with Crippen molar-refractivity contribution in [2.45, 2.75) is 43.8 Å². The minimum absolute atomic E-state index is 0.0134. The number of rotatable bonds is 5. The average Bonchev–Trinajstić information content (AvgIpc) is 3.37. The Labute approximate surface area is 170 Å². The molecule has 2 saturated heterocycles. The second kappa shape index (κ2) is 7.59. The summed E-state index contributed by atoms with van der Waals surface area (Å²) < 4.78 is 72.5. The quantitative estimate of drug-likeness (QED) is 0.676. The summed E-state index contributed by atoms with van der Waals surface area (Å²) in [5, 5.41) is 9.80. The highest BCUT2D eigenvalue weighted by molar-refractivity contribution is 7.89. The fourth-order valence-electron chi connectivity index (χ4n) is 3.94. The van der Waals surface area contributed by atoms with E-state index in [0.29, 0.717) is 24.0 Å². The molecule has 3 atom stereocenters. The van der Waals surface area contributed by atoms with E-state index in [1.165, 1.54) is 16.4 Å². The Hall–Kier alpha value is -2.03. The predicted octanol–water partition coefficient (Wildman–Crippen LogP) is 0.427. The molecule has 14 heteroatoms. The first-order valence-corrected chi connectivity index (χ1v) is 11.0. The van der Waals surface area contributed by atoms with E-state index in [-0.39, 0.29) is 36.1 Å². The average molecular weight is 449 g/mol. The predicted molar refractivity (Wildman–Crippen MR) is 98.9 cm³/mol. The molecular weight excluding hydrogens is 427 g/mol. The molecule has 3 unspecified atom stereocenters. The lowest BCUT2D eigenvalue weighted by atomic mass is 10.1. The monoisotopic (exact) mass is 449 g/mol. The topological polar surface area (TPSA) is 114 Å². The molecule has 10 nitrogen and oxygen atoms in total. The molecule has 2 N–H and O–H groups in total. The standard InChI is InChI=1S/C16H22F3N7O3S/c1-9-14(10(2)21-20-9)30(27,28)25-6-5-11(7-25)8-29-13-4-3-12-22-23-15(16(17,18)19)26(12)24-13/h3-4,9-11,14,20-21H,5-8H2,1-2H3. The van der Waals surface area contributed by atoms with Crippen molar-refractivity contribution in [2.24, 2.45) is 5.92 Å². The summed E-state index contributed by atoms with van der Waals surface area (Å²) in [6.07, 6.45) is -4.10. The van der Waals surface area contributed by atoms with Crippen LogP contribution in [-0.4, -0.2) is 69.6 Å². The largest absolute Gasteiger partial charge is 0.476 e. The van der Waals surface area contributed by atoms with Gasteiger partial charge in [0, 0.05) is 37.2 Å². The van der Waals surface area contributed by atoms with Crippen LogP contribution in [0.2, 0.25) is 0 Å². The van der Waals surface area contributed by atoms with E-state index in [0.717, 1.165) is 0 Å². The zero-order chi connectivity index (χ0) is 21.7. The van der Waals surface area contributed by atoms with E-state index in [1.807, 2.05) is 13.8 Å². The normalized spacial score (nSPS) is 28.4. The molecule has 2 aromatic heterocycles.